The zero-order valence-corrected chi connectivity index (χ0v) is 12.9. The smallest absolute Gasteiger partial charge is 0.373 e. The van der Waals surface area contributed by atoms with Gasteiger partial charge < -0.3 is 15.5 Å². The van der Waals surface area contributed by atoms with Crippen LogP contribution in [0.15, 0.2) is 6.07 Å². The summed E-state index contributed by atoms with van der Waals surface area (Å²) in [6.45, 7) is 4.70. The number of halogens is 3. The van der Waals surface area contributed by atoms with Crippen LogP contribution >= 0.6 is 0 Å². The van der Waals surface area contributed by atoms with Crippen LogP contribution in [0, 0.1) is 5.92 Å². The Morgan fingerprint density at radius 3 is 2.19 bits per heavy atom. The van der Waals surface area contributed by atoms with E-state index in [1.165, 1.54) is 13.1 Å². The average Bonchev–Trinajstić information content (AvgIpc) is 2.35. The quantitative estimate of drug-likeness (QED) is 0.846. The van der Waals surface area contributed by atoms with Crippen molar-refractivity contribution in [3.05, 3.63) is 11.9 Å². The highest BCUT2D eigenvalue weighted by molar-refractivity contribution is 5.48. The molecule has 1 aromatic heterocycles. The van der Waals surface area contributed by atoms with Gasteiger partial charge in [-0.3, -0.25) is 0 Å². The Bertz CT molecular complexity index is 460. The Labute approximate surface area is 123 Å². The van der Waals surface area contributed by atoms with Crippen LogP contribution < -0.4 is 10.6 Å². The Kier molecular flexibility index (Phi) is 5.77. The van der Waals surface area contributed by atoms with E-state index >= 15 is 0 Å². The molecule has 2 N–H and O–H groups in total. The van der Waals surface area contributed by atoms with Gasteiger partial charge in [0.2, 0.25) is 5.82 Å². The van der Waals surface area contributed by atoms with E-state index in [9.17, 15) is 13.2 Å². The lowest BCUT2D eigenvalue weighted by Crippen LogP contribution is -2.36. The van der Waals surface area contributed by atoms with Gasteiger partial charge in [-0.25, -0.2) is 9.97 Å². The van der Waals surface area contributed by atoms with Crippen LogP contribution in [0.1, 0.15) is 19.7 Å². The van der Waals surface area contributed by atoms with E-state index in [1.54, 1.807) is 0 Å². The van der Waals surface area contributed by atoms with E-state index < -0.39 is 12.0 Å². The molecule has 0 bridgehead atoms. The summed E-state index contributed by atoms with van der Waals surface area (Å²) in [7, 11) is 5.35. The molecule has 0 spiro atoms. The van der Waals surface area contributed by atoms with Crippen LogP contribution in [0.3, 0.4) is 0 Å². The molecule has 5 nitrogen and oxygen atoms in total. The Morgan fingerprint density at radius 1 is 1.19 bits per heavy atom. The molecule has 1 atom stereocenters. The molecule has 0 aliphatic carbocycles. The molecular formula is C13H22F3N5. The molecule has 0 aromatic carbocycles. The van der Waals surface area contributed by atoms with Gasteiger partial charge in [-0.2, -0.15) is 13.2 Å². The third kappa shape index (κ3) is 5.37. The number of nitrogens with zero attached hydrogens (tertiary/aromatic N) is 3. The van der Waals surface area contributed by atoms with Crippen molar-refractivity contribution in [2.24, 2.45) is 5.92 Å². The highest BCUT2D eigenvalue weighted by Crippen LogP contribution is 2.28. The largest absolute Gasteiger partial charge is 0.451 e. The SMILES string of the molecule is CNc1cc(NC(CN(C)C)C(C)C)nc(C(F)(F)F)n1. The van der Waals surface area contributed by atoms with Crippen LogP contribution in [-0.2, 0) is 6.18 Å². The van der Waals surface area contributed by atoms with Gasteiger partial charge in [0.1, 0.15) is 11.6 Å². The van der Waals surface area contributed by atoms with Crippen LogP contribution in [-0.4, -0.2) is 48.6 Å². The number of hydrogen-bond donors (Lipinski definition) is 2. The van der Waals surface area contributed by atoms with Gasteiger partial charge in [0.25, 0.3) is 0 Å². The Balaban J connectivity index is 3.05. The molecule has 0 saturated carbocycles. The summed E-state index contributed by atoms with van der Waals surface area (Å²) in [5, 5.41) is 5.69. The van der Waals surface area contributed by atoms with Gasteiger partial charge in [-0.1, -0.05) is 13.8 Å². The lowest BCUT2D eigenvalue weighted by atomic mass is 10.0. The predicted octanol–water partition coefficient (Wildman–Crippen LogP) is 2.54. The third-order valence-corrected chi connectivity index (χ3v) is 2.94. The predicted molar refractivity (Wildman–Crippen MR) is 77.4 cm³/mol. The summed E-state index contributed by atoms with van der Waals surface area (Å²) in [5.74, 6) is -0.603. The minimum atomic E-state index is -4.57. The van der Waals surface area contributed by atoms with Crippen molar-refractivity contribution in [3.63, 3.8) is 0 Å². The van der Waals surface area contributed by atoms with Crippen molar-refractivity contribution in [2.75, 3.05) is 38.3 Å². The number of anilines is 2. The topological polar surface area (TPSA) is 53.1 Å². The first-order valence-corrected chi connectivity index (χ1v) is 6.68. The average molecular weight is 305 g/mol. The number of aromatic nitrogens is 2. The third-order valence-electron chi connectivity index (χ3n) is 2.94. The number of rotatable bonds is 6. The standard InChI is InChI=1S/C13H22F3N5/c1-8(2)9(7-21(4)5)18-11-6-10(17-3)19-12(20-11)13(14,15)16/h6,8-9H,7H2,1-5H3,(H2,17,18,19,20). The Morgan fingerprint density at radius 2 is 1.76 bits per heavy atom. The molecule has 0 aliphatic rings. The molecule has 0 fully saturated rings. The molecule has 1 aromatic rings. The van der Waals surface area contributed by atoms with E-state index in [2.05, 4.69) is 20.6 Å². The van der Waals surface area contributed by atoms with Crippen molar-refractivity contribution in [3.8, 4) is 0 Å². The molecule has 8 heteroatoms. The van der Waals surface area contributed by atoms with Gasteiger partial charge in [0.05, 0.1) is 0 Å². The fourth-order valence-corrected chi connectivity index (χ4v) is 1.78. The number of likely N-dealkylation sites (N-methyl/N-ethyl adjacent to an activating group) is 1. The molecule has 1 unspecified atom stereocenters. The summed E-state index contributed by atoms with van der Waals surface area (Å²) >= 11 is 0. The first-order valence-electron chi connectivity index (χ1n) is 6.68. The minimum Gasteiger partial charge on any atom is -0.373 e. The second-order valence-electron chi connectivity index (χ2n) is 5.47. The monoisotopic (exact) mass is 305 g/mol. The summed E-state index contributed by atoms with van der Waals surface area (Å²) < 4.78 is 38.4. The van der Waals surface area contributed by atoms with Gasteiger partial charge in [0.15, 0.2) is 0 Å². The molecule has 21 heavy (non-hydrogen) atoms. The van der Waals surface area contributed by atoms with Crippen LogP contribution in [0.4, 0.5) is 24.8 Å². The number of hydrogen-bond acceptors (Lipinski definition) is 5. The van der Waals surface area contributed by atoms with E-state index in [0.717, 1.165) is 0 Å². The van der Waals surface area contributed by atoms with Crippen molar-refractivity contribution in [1.29, 1.82) is 0 Å². The minimum absolute atomic E-state index is 0.0133. The van der Waals surface area contributed by atoms with Crippen LogP contribution in [0.25, 0.3) is 0 Å². The maximum absolute atomic E-state index is 12.8. The lowest BCUT2D eigenvalue weighted by Gasteiger charge is -2.26. The lowest BCUT2D eigenvalue weighted by molar-refractivity contribution is -0.144. The van der Waals surface area contributed by atoms with Crippen molar-refractivity contribution in [2.45, 2.75) is 26.1 Å². The van der Waals surface area contributed by atoms with Gasteiger partial charge in [-0.15, -0.1) is 0 Å². The van der Waals surface area contributed by atoms with E-state index in [-0.39, 0.29) is 23.6 Å². The summed E-state index contributed by atoms with van der Waals surface area (Å²) in [4.78, 5) is 8.99. The molecule has 0 radical (unpaired) electrons. The van der Waals surface area contributed by atoms with Gasteiger partial charge >= 0.3 is 6.18 Å². The molecule has 1 rings (SSSR count). The fraction of sp³-hybridized carbons (Fsp3) is 0.692. The normalized spacial score (nSPS) is 13.6. The molecule has 120 valence electrons. The first-order chi connectivity index (χ1) is 9.63. The molecule has 1 heterocycles. The fourth-order valence-electron chi connectivity index (χ4n) is 1.78. The molecular weight excluding hydrogens is 283 g/mol. The van der Waals surface area contributed by atoms with E-state index in [1.807, 2.05) is 32.8 Å². The summed E-state index contributed by atoms with van der Waals surface area (Å²) in [5.41, 5.74) is 0. The highest BCUT2D eigenvalue weighted by atomic mass is 19.4. The van der Waals surface area contributed by atoms with Crippen LogP contribution in [0.5, 0.6) is 0 Å². The first kappa shape index (κ1) is 17.5. The maximum atomic E-state index is 12.8. The summed E-state index contributed by atoms with van der Waals surface area (Å²) in [6.07, 6.45) is -4.57. The van der Waals surface area contributed by atoms with Gasteiger partial charge in [0, 0.05) is 25.7 Å². The molecule has 0 saturated heterocycles. The highest BCUT2D eigenvalue weighted by Gasteiger charge is 2.35. The molecule has 0 aliphatic heterocycles. The second kappa shape index (κ2) is 6.93. The number of alkyl halides is 3. The van der Waals surface area contributed by atoms with Gasteiger partial charge in [-0.05, 0) is 20.0 Å². The van der Waals surface area contributed by atoms with Crippen molar-refractivity contribution >= 4 is 11.6 Å². The number of nitrogens with one attached hydrogen (secondary N) is 2. The molecule has 0 amide bonds. The summed E-state index contributed by atoms with van der Waals surface area (Å²) in [6, 6.07) is 1.46. The zero-order valence-electron chi connectivity index (χ0n) is 12.9. The maximum Gasteiger partial charge on any atom is 0.451 e. The second-order valence-corrected chi connectivity index (χ2v) is 5.47. The zero-order chi connectivity index (χ0) is 16.2. The Hall–Kier alpha value is -1.57. The van der Waals surface area contributed by atoms with E-state index in [4.69, 9.17) is 0 Å². The van der Waals surface area contributed by atoms with E-state index in [0.29, 0.717) is 6.54 Å². The van der Waals surface area contributed by atoms with Crippen LogP contribution in [0.2, 0.25) is 0 Å². The van der Waals surface area contributed by atoms with Crippen molar-refractivity contribution < 1.29 is 13.2 Å². The van der Waals surface area contributed by atoms with Crippen molar-refractivity contribution in [1.82, 2.24) is 14.9 Å².